The molecule has 0 amide bonds. The Labute approximate surface area is 199 Å². The maximum Gasteiger partial charge on any atom is 0.0552 e. The molecule has 34 heavy (non-hydrogen) atoms. The van der Waals surface area contributed by atoms with Gasteiger partial charge in [-0.1, -0.05) is 91.0 Å². The highest BCUT2D eigenvalue weighted by atomic mass is 32.1. The molecule has 0 radical (unpaired) electrons. The summed E-state index contributed by atoms with van der Waals surface area (Å²) in [5.41, 5.74) is 4.95. The molecule has 0 aliphatic carbocycles. The van der Waals surface area contributed by atoms with Gasteiger partial charge >= 0.3 is 0 Å². The molecular formula is C32H19NS. The van der Waals surface area contributed by atoms with E-state index in [-0.39, 0.29) is 0 Å². The van der Waals surface area contributed by atoms with E-state index in [1.165, 1.54) is 74.6 Å². The van der Waals surface area contributed by atoms with Gasteiger partial charge in [-0.15, -0.1) is 11.3 Å². The van der Waals surface area contributed by atoms with Crippen molar-refractivity contribution in [1.82, 2.24) is 4.98 Å². The minimum atomic E-state index is 1.20. The third kappa shape index (κ3) is 2.38. The standard InChI is InChI=1S/C32H19NS/c1-2-8-19(9-3-1)21-15-17-27-25(18-21)29-30-28-22-11-5-4-10-20(22)14-16-26(28)33-31(30)23-12-6-7-13-24(23)32(29)34-27/h1-18,33H. The first-order chi connectivity index (χ1) is 16.9. The van der Waals surface area contributed by atoms with Crippen LogP contribution in [0.15, 0.2) is 109 Å². The van der Waals surface area contributed by atoms with E-state index in [0.29, 0.717) is 0 Å². The van der Waals surface area contributed by atoms with Gasteiger partial charge in [0, 0.05) is 47.2 Å². The molecule has 0 unspecified atom stereocenters. The van der Waals surface area contributed by atoms with Crippen LogP contribution in [0.2, 0.25) is 0 Å². The zero-order chi connectivity index (χ0) is 22.2. The lowest BCUT2D eigenvalue weighted by Gasteiger charge is -2.06. The second kappa shape index (κ2) is 6.69. The van der Waals surface area contributed by atoms with Crippen LogP contribution in [0.1, 0.15) is 0 Å². The van der Waals surface area contributed by atoms with Crippen LogP contribution in [0.4, 0.5) is 0 Å². The topological polar surface area (TPSA) is 15.8 Å². The van der Waals surface area contributed by atoms with Gasteiger partial charge in [-0.2, -0.15) is 0 Å². The van der Waals surface area contributed by atoms with E-state index in [9.17, 15) is 0 Å². The van der Waals surface area contributed by atoms with Gasteiger partial charge in [0.15, 0.2) is 0 Å². The number of thiophene rings is 1. The van der Waals surface area contributed by atoms with Gasteiger partial charge in [-0.3, -0.25) is 0 Å². The van der Waals surface area contributed by atoms with Crippen molar-refractivity contribution in [3.05, 3.63) is 109 Å². The zero-order valence-corrected chi connectivity index (χ0v) is 19.1. The number of H-pyrrole nitrogens is 1. The molecule has 2 heteroatoms. The fourth-order valence-electron chi connectivity index (χ4n) is 5.66. The van der Waals surface area contributed by atoms with Crippen molar-refractivity contribution < 1.29 is 0 Å². The van der Waals surface area contributed by atoms with Crippen molar-refractivity contribution in [1.29, 1.82) is 0 Å². The summed E-state index contributed by atoms with van der Waals surface area (Å²) in [6.07, 6.45) is 0. The van der Waals surface area contributed by atoms with E-state index in [0.717, 1.165) is 0 Å². The molecule has 158 valence electrons. The molecule has 0 aliphatic heterocycles. The molecule has 0 bridgehead atoms. The Hall–Kier alpha value is -4.14. The van der Waals surface area contributed by atoms with Crippen LogP contribution in [0, 0.1) is 0 Å². The van der Waals surface area contributed by atoms with Crippen LogP contribution < -0.4 is 0 Å². The predicted octanol–water partition coefficient (Wildman–Crippen LogP) is 9.66. The van der Waals surface area contributed by atoms with E-state index in [1.54, 1.807) is 0 Å². The van der Waals surface area contributed by atoms with Crippen LogP contribution in [0.3, 0.4) is 0 Å². The molecule has 0 aliphatic rings. The van der Waals surface area contributed by atoms with Gasteiger partial charge in [-0.05, 0) is 40.1 Å². The maximum atomic E-state index is 3.81. The number of benzene rings is 6. The lowest BCUT2D eigenvalue weighted by Crippen LogP contribution is -1.80. The van der Waals surface area contributed by atoms with Gasteiger partial charge in [0.05, 0.1) is 5.52 Å². The van der Waals surface area contributed by atoms with Crippen LogP contribution in [-0.2, 0) is 0 Å². The molecule has 6 aromatic carbocycles. The number of fused-ring (bicyclic) bond motifs is 12. The summed E-state index contributed by atoms with van der Waals surface area (Å²) in [5, 5.41) is 10.6. The summed E-state index contributed by atoms with van der Waals surface area (Å²) in [4.78, 5) is 3.81. The Morgan fingerprint density at radius 3 is 2.15 bits per heavy atom. The molecule has 0 atom stereocenters. The molecule has 1 nitrogen and oxygen atoms in total. The minimum absolute atomic E-state index is 1.20. The number of hydrogen-bond acceptors (Lipinski definition) is 1. The van der Waals surface area contributed by atoms with Crippen molar-refractivity contribution in [3.8, 4) is 11.1 Å². The second-order valence-corrected chi connectivity index (χ2v) is 10.1. The van der Waals surface area contributed by atoms with Crippen LogP contribution in [0.25, 0.3) is 74.6 Å². The maximum absolute atomic E-state index is 3.81. The molecule has 0 saturated carbocycles. The number of aromatic nitrogens is 1. The molecule has 1 N–H and O–H groups in total. The van der Waals surface area contributed by atoms with Crippen LogP contribution >= 0.6 is 11.3 Å². The molecule has 2 aromatic heterocycles. The fraction of sp³-hybridized carbons (Fsp3) is 0. The van der Waals surface area contributed by atoms with Crippen molar-refractivity contribution in [2.75, 3.05) is 0 Å². The highest BCUT2D eigenvalue weighted by Gasteiger charge is 2.19. The monoisotopic (exact) mass is 449 g/mol. The molecule has 8 aromatic rings. The summed E-state index contributed by atoms with van der Waals surface area (Å²) in [7, 11) is 0. The fourth-order valence-corrected chi connectivity index (χ4v) is 6.89. The quantitative estimate of drug-likeness (QED) is 0.257. The van der Waals surface area contributed by atoms with E-state index in [4.69, 9.17) is 0 Å². The third-order valence-corrected chi connectivity index (χ3v) is 8.38. The Kier molecular flexibility index (Phi) is 3.60. The highest BCUT2D eigenvalue weighted by Crippen LogP contribution is 2.47. The smallest absolute Gasteiger partial charge is 0.0552 e. The number of hydrogen-bond donors (Lipinski definition) is 1. The van der Waals surface area contributed by atoms with Crippen LogP contribution in [-0.4, -0.2) is 4.98 Å². The molecule has 0 fully saturated rings. The first-order valence-electron chi connectivity index (χ1n) is 11.6. The highest BCUT2D eigenvalue weighted by molar-refractivity contribution is 7.27. The SMILES string of the molecule is c1ccc(-c2ccc3sc4c5ccccc5c5[nH]c6ccc7ccccc7c6c5c4c3c2)cc1. The summed E-state index contributed by atoms with van der Waals surface area (Å²) in [6.45, 7) is 0. The molecular weight excluding hydrogens is 430 g/mol. The van der Waals surface area contributed by atoms with Gasteiger partial charge in [0.1, 0.15) is 0 Å². The zero-order valence-electron chi connectivity index (χ0n) is 18.3. The summed E-state index contributed by atoms with van der Waals surface area (Å²) >= 11 is 1.91. The van der Waals surface area contributed by atoms with Gasteiger partial charge < -0.3 is 4.98 Å². The Bertz CT molecular complexity index is 2060. The van der Waals surface area contributed by atoms with Gasteiger partial charge in [0.2, 0.25) is 0 Å². The molecule has 8 rings (SSSR count). The number of aromatic amines is 1. The average Bonchev–Trinajstić information content (AvgIpc) is 3.48. The van der Waals surface area contributed by atoms with Gasteiger partial charge in [-0.25, -0.2) is 0 Å². The Balaban J connectivity index is 1.67. The largest absolute Gasteiger partial charge is 0.354 e. The third-order valence-electron chi connectivity index (χ3n) is 7.17. The van der Waals surface area contributed by atoms with E-state index >= 15 is 0 Å². The first kappa shape index (κ1) is 18.3. The molecule has 0 saturated heterocycles. The lowest BCUT2D eigenvalue weighted by molar-refractivity contribution is 1.57. The second-order valence-electron chi connectivity index (χ2n) is 9.01. The number of rotatable bonds is 1. The van der Waals surface area contributed by atoms with Crippen molar-refractivity contribution >= 4 is 74.9 Å². The van der Waals surface area contributed by atoms with Crippen LogP contribution in [0.5, 0.6) is 0 Å². The Morgan fingerprint density at radius 2 is 1.26 bits per heavy atom. The normalized spacial score (nSPS) is 12.1. The van der Waals surface area contributed by atoms with Gasteiger partial charge in [0.25, 0.3) is 0 Å². The molecule has 2 heterocycles. The van der Waals surface area contributed by atoms with E-state index in [2.05, 4.69) is 114 Å². The van der Waals surface area contributed by atoms with Crippen molar-refractivity contribution in [2.24, 2.45) is 0 Å². The average molecular weight is 450 g/mol. The Morgan fingerprint density at radius 1 is 0.500 bits per heavy atom. The van der Waals surface area contributed by atoms with Crippen molar-refractivity contribution in [2.45, 2.75) is 0 Å². The summed E-state index contributed by atoms with van der Waals surface area (Å²) in [6, 6.07) is 39.7. The van der Waals surface area contributed by atoms with E-state index < -0.39 is 0 Å². The number of nitrogens with one attached hydrogen (secondary N) is 1. The summed E-state index contributed by atoms with van der Waals surface area (Å²) < 4.78 is 2.71. The predicted molar refractivity (Wildman–Crippen MR) is 149 cm³/mol. The lowest BCUT2D eigenvalue weighted by atomic mass is 9.96. The van der Waals surface area contributed by atoms with Crippen molar-refractivity contribution in [3.63, 3.8) is 0 Å². The minimum Gasteiger partial charge on any atom is -0.354 e. The van der Waals surface area contributed by atoms with E-state index in [1.807, 2.05) is 11.3 Å². The first-order valence-corrected chi connectivity index (χ1v) is 12.4. The summed E-state index contributed by atoms with van der Waals surface area (Å²) in [5.74, 6) is 0. The molecule has 0 spiro atoms.